The molecule has 0 aromatic rings. The van der Waals surface area contributed by atoms with Crippen LogP contribution >= 0.6 is 0 Å². The van der Waals surface area contributed by atoms with Gasteiger partial charge in [0, 0.05) is 25.7 Å². The molecular weight excluding hydrogens is 114 g/mol. The number of hydrogen-bond donors (Lipinski definition) is 1. The Morgan fingerprint density at radius 1 is 1.78 bits per heavy atom. The molecule has 0 spiro atoms. The maximum Gasteiger partial charge on any atom is 0.179 e. The van der Waals surface area contributed by atoms with Gasteiger partial charge in [0.05, 0.1) is 0 Å². The van der Waals surface area contributed by atoms with Crippen molar-refractivity contribution in [3.63, 3.8) is 0 Å². The van der Waals surface area contributed by atoms with Gasteiger partial charge in [0.2, 0.25) is 0 Å². The first kappa shape index (κ1) is 6.37. The van der Waals surface area contributed by atoms with Crippen LogP contribution in [-0.2, 0) is 0 Å². The summed E-state index contributed by atoms with van der Waals surface area (Å²) in [5.74, 6) is 0. The second-order valence-corrected chi connectivity index (χ2v) is 2.35. The largest absolute Gasteiger partial charge is 0.313 e. The molecule has 0 unspecified atom stereocenters. The molecule has 1 rings (SSSR count). The molecule has 3 nitrogen and oxygen atoms in total. The summed E-state index contributed by atoms with van der Waals surface area (Å²) in [6.07, 6.45) is 2.15. The quantitative estimate of drug-likeness (QED) is 0.454. The van der Waals surface area contributed by atoms with Gasteiger partial charge in [-0.3, -0.25) is 0 Å². The third-order valence-corrected chi connectivity index (χ3v) is 1.63. The molecule has 0 radical (unpaired) electrons. The van der Waals surface area contributed by atoms with Crippen molar-refractivity contribution >= 4 is 0 Å². The van der Waals surface area contributed by atoms with Crippen molar-refractivity contribution < 1.29 is 0 Å². The van der Waals surface area contributed by atoms with Crippen LogP contribution in [0.5, 0.6) is 0 Å². The number of nitrogens with one attached hydrogen (secondary N) is 1. The first-order valence-electron chi connectivity index (χ1n) is 3.21. The molecule has 0 amide bonds. The van der Waals surface area contributed by atoms with E-state index in [-0.39, 0.29) is 0 Å². The van der Waals surface area contributed by atoms with Gasteiger partial charge in [-0.15, -0.1) is 0 Å². The fraction of sp³-hybridized carbons (Fsp3) is 0.833. The molecule has 1 N–H and O–H groups in total. The number of nitrogens with zero attached hydrogens (tertiary/aromatic N) is 2. The molecule has 50 valence electrons. The molecule has 1 fully saturated rings. The van der Waals surface area contributed by atoms with Crippen molar-refractivity contribution in [2.45, 2.75) is 13.0 Å². The van der Waals surface area contributed by atoms with Crippen LogP contribution in [0, 0.1) is 11.5 Å². The van der Waals surface area contributed by atoms with E-state index in [0.29, 0.717) is 6.04 Å². The summed E-state index contributed by atoms with van der Waals surface area (Å²) in [5.41, 5.74) is 0. The standard InChI is InChI=1S/C6H11N3/c1-6-4-8-2-3-9(6)5-7/h6,8H,2-4H2,1H3/t6-/m1/s1. The SMILES string of the molecule is C[C@@H]1CNCCN1C#N. The van der Waals surface area contributed by atoms with Crippen molar-refractivity contribution in [1.29, 1.82) is 5.26 Å². The minimum absolute atomic E-state index is 0.378. The van der Waals surface area contributed by atoms with Crippen LogP contribution in [0.4, 0.5) is 0 Å². The van der Waals surface area contributed by atoms with E-state index in [9.17, 15) is 0 Å². The molecule has 1 aliphatic rings. The highest BCUT2D eigenvalue weighted by Gasteiger charge is 2.14. The van der Waals surface area contributed by atoms with Gasteiger partial charge in [0.15, 0.2) is 6.19 Å². The molecule has 1 atom stereocenters. The Bertz CT molecular complexity index is 127. The number of hydrogen-bond acceptors (Lipinski definition) is 3. The summed E-state index contributed by atoms with van der Waals surface area (Å²) in [6, 6.07) is 0.378. The fourth-order valence-electron chi connectivity index (χ4n) is 0.990. The summed E-state index contributed by atoms with van der Waals surface area (Å²) >= 11 is 0. The van der Waals surface area contributed by atoms with Crippen molar-refractivity contribution in [1.82, 2.24) is 10.2 Å². The molecule has 0 aliphatic carbocycles. The second-order valence-electron chi connectivity index (χ2n) is 2.35. The molecule has 1 saturated heterocycles. The third kappa shape index (κ3) is 1.33. The predicted octanol–water partition coefficient (Wildman–Crippen LogP) is -0.239. The monoisotopic (exact) mass is 125 g/mol. The number of rotatable bonds is 0. The highest BCUT2D eigenvalue weighted by atomic mass is 15.2. The Hall–Kier alpha value is -0.750. The Balaban J connectivity index is 2.41. The zero-order chi connectivity index (χ0) is 6.69. The van der Waals surface area contributed by atoms with E-state index in [1.807, 2.05) is 0 Å². The van der Waals surface area contributed by atoms with Crippen LogP contribution in [0.25, 0.3) is 0 Å². The van der Waals surface area contributed by atoms with E-state index in [1.165, 1.54) is 0 Å². The summed E-state index contributed by atoms with van der Waals surface area (Å²) in [6.45, 7) is 4.79. The van der Waals surface area contributed by atoms with Crippen LogP contribution in [-0.4, -0.2) is 30.6 Å². The normalized spacial score (nSPS) is 27.6. The van der Waals surface area contributed by atoms with Gasteiger partial charge in [-0.1, -0.05) is 0 Å². The van der Waals surface area contributed by atoms with Crippen LogP contribution in [0.2, 0.25) is 0 Å². The zero-order valence-electron chi connectivity index (χ0n) is 5.59. The van der Waals surface area contributed by atoms with Crippen molar-refractivity contribution in [2.24, 2.45) is 0 Å². The zero-order valence-corrected chi connectivity index (χ0v) is 5.59. The lowest BCUT2D eigenvalue weighted by molar-refractivity contribution is 0.256. The molecule has 9 heavy (non-hydrogen) atoms. The predicted molar refractivity (Wildman–Crippen MR) is 34.7 cm³/mol. The van der Waals surface area contributed by atoms with E-state index in [4.69, 9.17) is 5.26 Å². The molecule has 3 heteroatoms. The number of piperazine rings is 1. The van der Waals surface area contributed by atoms with Crippen LogP contribution in [0.15, 0.2) is 0 Å². The minimum Gasteiger partial charge on any atom is -0.313 e. The fourth-order valence-corrected chi connectivity index (χ4v) is 0.990. The first-order valence-corrected chi connectivity index (χ1v) is 3.21. The lowest BCUT2D eigenvalue weighted by Crippen LogP contribution is -2.47. The van der Waals surface area contributed by atoms with Gasteiger partial charge < -0.3 is 10.2 Å². The average molecular weight is 125 g/mol. The summed E-state index contributed by atoms with van der Waals surface area (Å²) in [5, 5.41) is 11.7. The summed E-state index contributed by atoms with van der Waals surface area (Å²) < 4.78 is 0. The lowest BCUT2D eigenvalue weighted by Gasteiger charge is -2.28. The average Bonchev–Trinajstić information content (AvgIpc) is 1.89. The highest BCUT2D eigenvalue weighted by molar-refractivity contribution is 4.84. The topological polar surface area (TPSA) is 39.1 Å². The lowest BCUT2D eigenvalue weighted by atomic mass is 10.2. The Morgan fingerprint density at radius 2 is 2.56 bits per heavy atom. The molecule has 0 bridgehead atoms. The Morgan fingerprint density at radius 3 is 3.00 bits per heavy atom. The van der Waals surface area contributed by atoms with E-state index in [1.54, 1.807) is 4.90 Å². The molecule has 0 saturated carbocycles. The number of nitriles is 1. The van der Waals surface area contributed by atoms with Crippen LogP contribution in [0.3, 0.4) is 0 Å². The Kier molecular flexibility index (Phi) is 1.91. The van der Waals surface area contributed by atoms with Crippen molar-refractivity contribution in [2.75, 3.05) is 19.6 Å². The van der Waals surface area contributed by atoms with Gasteiger partial charge in [-0.2, -0.15) is 5.26 Å². The van der Waals surface area contributed by atoms with Gasteiger partial charge in [0.1, 0.15) is 0 Å². The van der Waals surface area contributed by atoms with E-state index in [2.05, 4.69) is 18.4 Å². The first-order chi connectivity index (χ1) is 4.34. The third-order valence-electron chi connectivity index (χ3n) is 1.63. The molecule has 0 aromatic heterocycles. The molecular formula is C6H11N3. The van der Waals surface area contributed by atoms with Gasteiger partial charge in [0.25, 0.3) is 0 Å². The Labute approximate surface area is 55.3 Å². The van der Waals surface area contributed by atoms with E-state index in [0.717, 1.165) is 19.6 Å². The summed E-state index contributed by atoms with van der Waals surface area (Å²) in [7, 11) is 0. The smallest absolute Gasteiger partial charge is 0.179 e. The van der Waals surface area contributed by atoms with Gasteiger partial charge in [-0.05, 0) is 6.92 Å². The maximum absolute atomic E-state index is 8.51. The maximum atomic E-state index is 8.51. The minimum atomic E-state index is 0.378. The molecule has 0 aromatic carbocycles. The van der Waals surface area contributed by atoms with E-state index >= 15 is 0 Å². The van der Waals surface area contributed by atoms with E-state index < -0.39 is 0 Å². The highest BCUT2D eigenvalue weighted by Crippen LogP contribution is 1.98. The van der Waals surface area contributed by atoms with Gasteiger partial charge >= 0.3 is 0 Å². The summed E-state index contributed by atoms with van der Waals surface area (Å²) in [4.78, 5) is 1.80. The van der Waals surface area contributed by atoms with Crippen LogP contribution < -0.4 is 5.32 Å². The molecule has 1 heterocycles. The second kappa shape index (κ2) is 2.70. The van der Waals surface area contributed by atoms with Crippen molar-refractivity contribution in [3.05, 3.63) is 0 Å². The molecule has 1 aliphatic heterocycles. The van der Waals surface area contributed by atoms with Crippen molar-refractivity contribution in [3.8, 4) is 6.19 Å². The van der Waals surface area contributed by atoms with Gasteiger partial charge in [-0.25, -0.2) is 0 Å². The van der Waals surface area contributed by atoms with Crippen LogP contribution in [0.1, 0.15) is 6.92 Å².